The second kappa shape index (κ2) is 9.03. The van der Waals surface area contributed by atoms with Crippen LogP contribution in [0.15, 0.2) is 47.6 Å². The normalized spacial score (nSPS) is 14.0. The number of hydrazone groups is 1. The first-order valence-corrected chi connectivity index (χ1v) is 9.06. The minimum atomic E-state index is -0.294. The molecule has 0 radical (unpaired) electrons. The van der Waals surface area contributed by atoms with E-state index < -0.39 is 0 Å². The van der Waals surface area contributed by atoms with Gasteiger partial charge in [-0.15, -0.1) is 0 Å². The average Bonchev–Trinajstić information content (AvgIpc) is 2.75. The Hall–Kier alpha value is -3.35. The number of Topliss-reactive ketones (excluding diaryl/α,β-unsaturated/α-hetero) is 1. The molecular weight excluding hydrogens is 358 g/mol. The van der Waals surface area contributed by atoms with Gasteiger partial charge in [-0.25, -0.2) is 5.43 Å². The molecule has 146 valence electrons. The summed E-state index contributed by atoms with van der Waals surface area (Å²) in [7, 11) is 3.05. The summed E-state index contributed by atoms with van der Waals surface area (Å²) in [5.74, 6) is 0.594. The molecule has 0 unspecified atom stereocenters. The summed E-state index contributed by atoms with van der Waals surface area (Å²) in [6.45, 7) is 0.767. The number of hydrogen-bond donors (Lipinski definition) is 2. The van der Waals surface area contributed by atoms with Crippen LogP contribution in [0.5, 0.6) is 11.5 Å². The van der Waals surface area contributed by atoms with Crippen molar-refractivity contribution in [3.8, 4) is 11.5 Å². The fraction of sp³-hybridized carbons (Fsp3) is 0.286. The standard InChI is InChI=1S/C21H23N3O4/c1-27-19-9-7-14(13-20(19)28-2)18(25)8-10-21(26)24-23-17-11-12-22-16-6-4-3-5-15(16)17/h3-7,9,13,22H,8,10-12H2,1-2H3,(H,24,26)/b23-17+. The van der Waals surface area contributed by atoms with Crippen LogP contribution in [0.25, 0.3) is 0 Å². The van der Waals surface area contributed by atoms with Crippen molar-refractivity contribution in [1.29, 1.82) is 0 Å². The predicted molar refractivity (Wildman–Crippen MR) is 107 cm³/mol. The molecule has 2 aromatic carbocycles. The van der Waals surface area contributed by atoms with Gasteiger partial charge in [0.05, 0.1) is 19.9 Å². The van der Waals surface area contributed by atoms with Crippen LogP contribution in [0.2, 0.25) is 0 Å². The van der Waals surface area contributed by atoms with Crippen LogP contribution in [0.4, 0.5) is 5.69 Å². The Morgan fingerprint density at radius 2 is 1.86 bits per heavy atom. The van der Waals surface area contributed by atoms with Crippen molar-refractivity contribution in [3.05, 3.63) is 53.6 Å². The van der Waals surface area contributed by atoms with Crippen molar-refractivity contribution in [2.24, 2.45) is 5.10 Å². The third-order valence-electron chi connectivity index (χ3n) is 4.52. The van der Waals surface area contributed by atoms with Crippen LogP contribution in [-0.4, -0.2) is 38.2 Å². The number of rotatable bonds is 7. The van der Waals surface area contributed by atoms with Gasteiger partial charge in [0.1, 0.15) is 0 Å². The van der Waals surface area contributed by atoms with Gasteiger partial charge in [-0.1, -0.05) is 18.2 Å². The summed E-state index contributed by atoms with van der Waals surface area (Å²) in [5.41, 5.74) is 5.86. The lowest BCUT2D eigenvalue weighted by molar-refractivity contribution is -0.121. The third-order valence-corrected chi connectivity index (χ3v) is 4.52. The number of para-hydroxylation sites is 1. The first kappa shape index (κ1) is 19.4. The zero-order valence-corrected chi connectivity index (χ0v) is 16.0. The highest BCUT2D eigenvalue weighted by Gasteiger charge is 2.16. The molecule has 0 atom stereocenters. The SMILES string of the molecule is COc1ccc(C(=O)CCC(=O)N/N=C2\CCNc3ccccc32)cc1OC. The fourth-order valence-electron chi connectivity index (χ4n) is 3.02. The van der Waals surface area contributed by atoms with Gasteiger partial charge in [0, 0.05) is 42.6 Å². The van der Waals surface area contributed by atoms with Gasteiger partial charge in [0.25, 0.3) is 0 Å². The maximum absolute atomic E-state index is 12.4. The lowest BCUT2D eigenvalue weighted by Crippen LogP contribution is -2.24. The van der Waals surface area contributed by atoms with E-state index in [4.69, 9.17) is 9.47 Å². The van der Waals surface area contributed by atoms with Crippen molar-refractivity contribution in [1.82, 2.24) is 5.43 Å². The molecule has 0 bridgehead atoms. The summed E-state index contributed by atoms with van der Waals surface area (Å²) in [4.78, 5) is 24.5. The van der Waals surface area contributed by atoms with Crippen LogP contribution in [0.1, 0.15) is 35.2 Å². The molecule has 7 nitrogen and oxygen atoms in total. The Kier molecular flexibility index (Phi) is 6.26. The Morgan fingerprint density at radius 1 is 1.07 bits per heavy atom. The molecule has 0 saturated heterocycles. The van der Waals surface area contributed by atoms with Gasteiger partial charge in [0.15, 0.2) is 17.3 Å². The maximum atomic E-state index is 12.4. The molecule has 1 amide bonds. The molecule has 0 aliphatic carbocycles. The Morgan fingerprint density at radius 3 is 2.64 bits per heavy atom. The highest BCUT2D eigenvalue weighted by molar-refractivity contribution is 6.07. The van der Waals surface area contributed by atoms with E-state index in [9.17, 15) is 9.59 Å². The van der Waals surface area contributed by atoms with Crippen molar-refractivity contribution in [3.63, 3.8) is 0 Å². The largest absolute Gasteiger partial charge is 0.493 e. The van der Waals surface area contributed by atoms with E-state index in [1.54, 1.807) is 18.2 Å². The Labute approximate surface area is 163 Å². The van der Waals surface area contributed by atoms with Crippen LogP contribution in [0, 0.1) is 0 Å². The minimum Gasteiger partial charge on any atom is -0.493 e. The average molecular weight is 381 g/mol. The first-order valence-electron chi connectivity index (χ1n) is 9.06. The number of methoxy groups -OCH3 is 2. The second-order valence-electron chi connectivity index (χ2n) is 6.31. The van der Waals surface area contributed by atoms with Gasteiger partial charge in [0.2, 0.25) is 5.91 Å². The van der Waals surface area contributed by atoms with Crippen molar-refractivity contribution < 1.29 is 19.1 Å². The van der Waals surface area contributed by atoms with Crippen molar-refractivity contribution in [2.45, 2.75) is 19.3 Å². The number of amides is 1. The number of ketones is 1. The Balaban J connectivity index is 1.57. The van der Waals surface area contributed by atoms with Crippen molar-refractivity contribution >= 4 is 23.1 Å². The summed E-state index contributed by atoms with van der Waals surface area (Å²) in [6.07, 6.45) is 0.871. The molecule has 1 aliphatic heterocycles. The van der Waals surface area contributed by atoms with E-state index in [0.717, 1.165) is 29.9 Å². The predicted octanol–water partition coefficient (Wildman–Crippen LogP) is 3.00. The van der Waals surface area contributed by atoms with Gasteiger partial charge < -0.3 is 14.8 Å². The van der Waals surface area contributed by atoms with Gasteiger partial charge in [-0.2, -0.15) is 5.10 Å². The topological polar surface area (TPSA) is 89.0 Å². The molecule has 1 aliphatic rings. The third kappa shape index (κ3) is 4.49. The number of ether oxygens (including phenoxy) is 2. The van der Waals surface area contributed by atoms with Gasteiger partial charge in [-0.3, -0.25) is 9.59 Å². The summed E-state index contributed by atoms with van der Waals surface area (Å²) in [5, 5.41) is 7.55. The molecule has 0 aromatic heterocycles. The lowest BCUT2D eigenvalue weighted by Gasteiger charge is -2.19. The Bertz CT molecular complexity index is 908. The van der Waals surface area contributed by atoms with Crippen LogP contribution < -0.4 is 20.2 Å². The number of benzene rings is 2. The zero-order valence-electron chi connectivity index (χ0n) is 16.0. The lowest BCUT2D eigenvalue weighted by atomic mass is 10.0. The molecule has 28 heavy (non-hydrogen) atoms. The van der Waals surface area contributed by atoms with E-state index >= 15 is 0 Å². The summed E-state index contributed by atoms with van der Waals surface area (Å²) < 4.78 is 10.4. The zero-order chi connectivity index (χ0) is 19.9. The molecule has 0 saturated carbocycles. The molecule has 2 N–H and O–H groups in total. The van der Waals surface area contributed by atoms with Crippen LogP contribution in [-0.2, 0) is 4.79 Å². The highest BCUT2D eigenvalue weighted by Crippen LogP contribution is 2.28. The number of nitrogens with zero attached hydrogens (tertiary/aromatic N) is 1. The molecular formula is C21H23N3O4. The van der Waals surface area contributed by atoms with Gasteiger partial charge in [-0.05, 0) is 24.3 Å². The van der Waals surface area contributed by atoms with Gasteiger partial charge >= 0.3 is 0 Å². The summed E-state index contributed by atoms with van der Waals surface area (Å²) >= 11 is 0. The number of fused-ring (bicyclic) bond motifs is 1. The molecule has 2 aromatic rings. The highest BCUT2D eigenvalue weighted by atomic mass is 16.5. The van der Waals surface area contributed by atoms with E-state index in [-0.39, 0.29) is 24.5 Å². The second-order valence-corrected chi connectivity index (χ2v) is 6.31. The number of hydrogen-bond acceptors (Lipinski definition) is 6. The summed E-state index contributed by atoms with van der Waals surface area (Å²) in [6, 6.07) is 12.8. The number of carbonyl (C=O) groups is 2. The molecule has 1 heterocycles. The molecule has 7 heteroatoms. The quantitative estimate of drug-likeness (QED) is 0.568. The fourth-order valence-corrected chi connectivity index (χ4v) is 3.02. The van der Waals surface area contributed by atoms with Crippen LogP contribution >= 0.6 is 0 Å². The van der Waals surface area contributed by atoms with E-state index in [1.807, 2.05) is 24.3 Å². The molecule has 3 rings (SSSR count). The smallest absolute Gasteiger partial charge is 0.240 e. The van der Waals surface area contributed by atoms with E-state index in [2.05, 4.69) is 15.8 Å². The maximum Gasteiger partial charge on any atom is 0.240 e. The molecule has 0 spiro atoms. The number of nitrogens with one attached hydrogen (secondary N) is 2. The first-order chi connectivity index (χ1) is 13.6. The van der Waals surface area contributed by atoms with Crippen molar-refractivity contribution in [2.75, 3.05) is 26.1 Å². The van der Waals surface area contributed by atoms with Crippen LogP contribution in [0.3, 0.4) is 0 Å². The molecule has 0 fully saturated rings. The number of anilines is 1. The monoisotopic (exact) mass is 381 g/mol. The number of carbonyl (C=O) groups excluding carboxylic acids is 2. The van der Waals surface area contributed by atoms with E-state index in [1.165, 1.54) is 14.2 Å². The minimum absolute atomic E-state index is 0.0594. The van der Waals surface area contributed by atoms with E-state index in [0.29, 0.717) is 17.1 Å².